The van der Waals surface area contributed by atoms with Crippen LogP contribution in [-0.4, -0.2) is 17.0 Å². The maximum atomic E-state index is 13.3. The third kappa shape index (κ3) is 3.17. The highest BCUT2D eigenvalue weighted by Crippen LogP contribution is 2.19. The normalized spacial score (nSPS) is 11.2. The van der Waals surface area contributed by atoms with E-state index in [-0.39, 0.29) is 23.0 Å². The van der Waals surface area contributed by atoms with Crippen molar-refractivity contribution in [1.29, 1.82) is 0 Å². The van der Waals surface area contributed by atoms with Gasteiger partial charge in [0.25, 0.3) is 5.91 Å². The van der Waals surface area contributed by atoms with Gasteiger partial charge in [0.15, 0.2) is 5.84 Å². The number of oxime groups is 1. The maximum Gasteiger partial charge on any atom is 0.255 e. The van der Waals surface area contributed by atoms with Gasteiger partial charge in [-0.2, -0.15) is 0 Å². The second-order valence-corrected chi connectivity index (χ2v) is 4.44. The fourth-order valence-corrected chi connectivity index (χ4v) is 1.91. The zero-order valence-corrected chi connectivity index (χ0v) is 11.3. The molecule has 1 amide bonds. The highest BCUT2D eigenvalue weighted by atomic mass is 19.1. The van der Waals surface area contributed by atoms with Crippen molar-refractivity contribution in [2.75, 3.05) is 5.32 Å². The number of nitrogens with zero attached hydrogens (tertiary/aromatic N) is 1. The molecule has 6 heteroatoms. The summed E-state index contributed by atoms with van der Waals surface area (Å²) in [4.78, 5) is 12.2. The van der Waals surface area contributed by atoms with Crippen molar-refractivity contribution < 1.29 is 14.4 Å². The van der Waals surface area contributed by atoms with E-state index in [1.807, 2.05) is 19.1 Å². The predicted molar refractivity (Wildman–Crippen MR) is 78.0 cm³/mol. The summed E-state index contributed by atoms with van der Waals surface area (Å²) >= 11 is 0. The third-order valence-electron chi connectivity index (χ3n) is 3.00. The summed E-state index contributed by atoms with van der Waals surface area (Å²) in [5.41, 5.74) is 7.17. The van der Waals surface area contributed by atoms with Crippen LogP contribution in [0, 0.1) is 12.7 Å². The third-order valence-corrected chi connectivity index (χ3v) is 3.00. The fourth-order valence-electron chi connectivity index (χ4n) is 1.91. The van der Waals surface area contributed by atoms with Gasteiger partial charge in [-0.1, -0.05) is 23.4 Å². The van der Waals surface area contributed by atoms with E-state index in [0.717, 1.165) is 11.6 Å². The van der Waals surface area contributed by atoms with Crippen LogP contribution >= 0.6 is 0 Å². The van der Waals surface area contributed by atoms with Gasteiger partial charge in [-0.15, -0.1) is 0 Å². The Morgan fingerprint density at radius 1 is 1.24 bits per heavy atom. The highest BCUT2D eigenvalue weighted by Gasteiger charge is 2.14. The second kappa shape index (κ2) is 6.04. The molecule has 0 aliphatic heterocycles. The van der Waals surface area contributed by atoms with Crippen molar-refractivity contribution in [3.8, 4) is 0 Å². The number of carbonyl (C=O) groups excluding carboxylic acids is 1. The van der Waals surface area contributed by atoms with E-state index in [1.165, 1.54) is 12.1 Å². The molecule has 4 N–H and O–H groups in total. The van der Waals surface area contributed by atoms with Crippen LogP contribution in [0.2, 0.25) is 0 Å². The molecule has 0 aromatic heterocycles. The first-order chi connectivity index (χ1) is 10.0. The molecule has 21 heavy (non-hydrogen) atoms. The van der Waals surface area contributed by atoms with Gasteiger partial charge >= 0.3 is 0 Å². The minimum atomic E-state index is -0.550. The van der Waals surface area contributed by atoms with E-state index in [4.69, 9.17) is 10.9 Å². The second-order valence-electron chi connectivity index (χ2n) is 4.44. The first kappa shape index (κ1) is 14.5. The Morgan fingerprint density at radius 2 is 1.95 bits per heavy atom. The van der Waals surface area contributed by atoms with Crippen molar-refractivity contribution in [1.82, 2.24) is 0 Å². The van der Waals surface area contributed by atoms with E-state index >= 15 is 0 Å². The van der Waals surface area contributed by atoms with Crippen LogP contribution in [0.3, 0.4) is 0 Å². The molecule has 2 aromatic carbocycles. The summed E-state index contributed by atoms with van der Waals surface area (Å²) in [6.07, 6.45) is 0. The number of nitrogens with two attached hydrogens (primary N) is 1. The summed E-state index contributed by atoms with van der Waals surface area (Å²) in [5.74, 6) is -1.19. The lowest BCUT2D eigenvalue weighted by Gasteiger charge is -2.11. The number of hydrogen-bond acceptors (Lipinski definition) is 3. The topological polar surface area (TPSA) is 87.7 Å². The summed E-state index contributed by atoms with van der Waals surface area (Å²) in [7, 11) is 0. The summed E-state index contributed by atoms with van der Waals surface area (Å²) in [5, 5.41) is 14.2. The average Bonchev–Trinajstić information content (AvgIpc) is 2.48. The van der Waals surface area contributed by atoms with Crippen LogP contribution in [-0.2, 0) is 0 Å². The van der Waals surface area contributed by atoms with Gasteiger partial charge in [-0.05, 0) is 36.8 Å². The van der Waals surface area contributed by atoms with Crippen LogP contribution in [0.5, 0.6) is 0 Å². The monoisotopic (exact) mass is 287 g/mol. The molecule has 2 rings (SSSR count). The minimum absolute atomic E-state index is 0.111. The summed E-state index contributed by atoms with van der Waals surface area (Å²) in [6, 6.07) is 10.7. The number of amides is 1. The predicted octanol–water partition coefficient (Wildman–Crippen LogP) is 2.48. The van der Waals surface area contributed by atoms with E-state index in [9.17, 15) is 9.18 Å². The molecule has 0 saturated heterocycles. The molecule has 108 valence electrons. The van der Waals surface area contributed by atoms with Gasteiger partial charge in [0.05, 0.1) is 5.69 Å². The molecule has 0 fully saturated rings. The quantitative estimate of drug-likeness (QED) is 0.351. The van der Waals surface area contributed by atoms with Gasteiger partial charge in [0.2, 0.25) is 0 Å². The Hall–Kier alpha value is -2.89. The van der Waals surface area contributed by atoms with Crippen LogP contribution < -0.4 is 11.1 Å². The minimum Gasteiger partial charge on any atom is -0.409 e. The molecular weight excluding hydrogens is 273 g/mol. The zero-order valence-electron chi connectivity index (χ0n) is 11.3. The average molecular weight is 287 g/mol. The summed E-state index contributed by atoms with van der Waals surface area (Å²) in [6.45, 7) is 1.81. The number of halogens is 1. The zero-order chi connectivity index (χ0) is 15.4. The van der Waals surface area contributed by atoms with E-state index in [1.54, 1.807) is 12.1 Å². The molecule has 0 bridgehead atoms. The van der Waals surface area contributed by atoms with Gasteiger partial charge < -0.3 is 16.3 Å². The highest BCUT2D eigenvalue weighted by molar-refractivity contribution is 6.10. The van der Waals surface area contributed by atoms with Crippen LogP contribution in [0.15, 0.2) is 47.6 Å². The molecule has 0 heterocycles. The number of benzene rings is 2. The first-order valence-electron chi connectivity index (χ1n) is 6.17. The molecule has 0 radical (unpaired) electrons. The van der Waals surface area contributed by atoms with Crippen molar-refractivity contribution in [3.05, 3.63) is 65.0 Å². The molecule has 5 nitrogen and oxygen atoms in total. The number of aryl methyl sites for hydroxylation is 1. The molecule has 0 aliphatic carbocycles. The molecule has 0 aliphatic rings. The van der Waals surface area contributed by atoms with Gasteiger partial charge in [-0.3, -0.25) is 4.79 Å². The Labute approximate surface area is 120 Å². The number of rotatable bonds is 3. The van der Waals surface area contributed by atoms with Crippen molar-refractivity contribution in [3.63, 3.8) is 0 Å². The van der Waals surface area contributed by atoms with Gasteiger partial charge in [-0.25, -0.2) is 4.39 Å². The molecule has 0 saturated carbocycles. The van der Waals surface area contributed by atoms with Crippen molar-refractivity contribution in [2.24, 2.45) is 10.9 Å². The lowest BCUT2D eigenvalue weighted by atomic mass is 10.1. The number of nitrogens with one attached hydrogen (secondary N) is 1. The molecule has 0 atom stereocenters. The SMILES string of the molecule is Cc1ccccc1C(=O)Nc1ccc(F)cc1/C(N)=N/O. The first-order valence-corrected chi connectivity index (χ1v) is 6.17. The Morgan fingerprint density at radius 3 is 2.62 bits per heavy atom. The molecular formula is C15H14FN3O2. The van der Waals surface area contributed by atoms with Gasteiger partial charge in [0, 0.05) is 11.1 Å². The Balaban J connectivity index is 2.36. The van der Waals surface area contributed by atoms with Crippen LogP contribution in [0.4, 0.5) is 10.1 Å². The van der Waals surface area contributed by atoms with Crippen LogP contribution in [0.25, 0.3) is 0 Å². The lowest BCUT2D eigenvalue weighted by Crippen LogP contribution is -2.20. The number of anilines is 1. The van der Waals surface area contributed by atoms with E-state index in [2.05, 4.69) is 10.5 Å². The van der Waals surface area contributed by atoms with Crippen molar-refractivity contribution >= 4 is 17.4 Å². The van der Waals surface area contributed by atoms with E-state index < -0.39 is 5.82 Å². The van der Waals surface area contributed by atoms with E-state index in [0.29, 0.717) is 5.56 Å². The Kier molecular flexibility index (Phi) is 4.18. The number of amidine groups is 1. The van der Waals surface area contributed by atoms with Gasteiger partial charge in [0.1, 0.15) is 5.82 Å². The van der Waals surface area contributed by atoms with Crippen LogP contribution in [0.1, 0.15) is 21.5 Å². The smallest absolute Gasteiger partial charge is 0.255 e. The Bertz CT molecular complexity index is 714. The molecule has 2 aromatic rings. The lowest BCUT2D eigenvalue weighted by molar-refractivity contribution is 0.102. The summed E-state index contributed by atoms with van der Waals surface area (Å²) < 4.78 is 13.3. The maximum absolute atomic E-state index is 13.3. The van der Waals surface area contributed by atoms with Crippen molar-refractivity contribution in [2.45, 2.75) is 6.92 Å². The largest absolute Gasteiger partial charge is 0.409 e. The molecule has 0 spiro atoms. The standard InChI is InChI=1S/C15H14FN3O2/c1-9-4-2-3-5-11(9)15(20)18-13-7-6-10(16)8-12(13)14(17)19-21/h2-8,21H,1H3,(H2,17,19)(H,18,20). The fraction of sp³-hybridized carbons (Fsp3) is 0.0667. The number of hydrogen-bond donors (Lipinski definition) is 3. The molecule has 0 unspecified atom stereocenters. The number of carbonyl (C=O) groups is 1.